The monoisotopic (exact) mass is 207 g/mol. The number of hydrogen-bond acceptors (Lipinski definition) is 4. The van der Waals surface area contributed by atoms with Crippen LogP contribution in [0.25, 0.3) is 0 Å². The Bertz CT molecular complexity index is 389. The summed E-state index contributed by atoms with van der Waals surface area (Å²) in [5.74, 6) is -0.0708. The van der Waals surface area contributed by atoms with Crippen molar-refractivity contribution in [1.29, 1.82) is 5.26 Å². The summed E-state index contributed by atoms with van der Waals surface area (Å²) in [6.45, 7) is 5.47. The summed E-state index contributed by atoms with van der Waals surface area (Å²) in [7, 11) is 0. The van der Waals surface area contributed by atoms with Gasteiger partial charge in [-0.3, -0.25) is 4.79 Å². The molecule has 0 radical (unpaired) electrons. The zero-order valence-electron chi connectivity index (χ0n) is 8.93. The Labute approximate surface area is 87.9 Å². The van der Waals surface area contributed by atoms with Gasteiger partial charge in [0.05, 0.1) is 0 Å². The molecule has 1 atom stereocenters. The van der Waals surface area contributed by atoms with E-state index < -0.39 is 6.04 Å². The highest BCUT2D eigenvalue weighted by Crippen LogP contribution is 2.03. The van der Waals surface area contributed by atoms with Crippen molar-refractivity contribution in [3.05, 3.63) is 12.2 Å². The number of nitrogens with one attached hydrogen (secondary N) is 1. The first kappa shape index (κ1) is 11.2. The van der Waals surface area contributed by atoms with Gasteiger partial charge < -0.3 is 5.32 Å². The predicted octanol–water partition coefficient (Wildman–Crippen LogP) is 0.235. The molecule has 0 aliphatic rings. The highest BCUT2D eigenvalue weighted by Gasteiger charge is 2.16. The van der Waals surface area contributed by atoms with Crippen LogP contribution >= 0.6 is 0 Å². The van der Waals surface area contributed by atoms with Crippen molar-refractivity contribution in [1.82, 2.24) is 20.1 Å². The molecule has 6 nitrogen and oxygen atoms in total. The van der Waals surface area contributed by atoms with Gasteiger partial charge in [-0.15, -0.1) is 5.10 Å². The largest absolute Gasteiger partial charge is 0.352 e. The van der Waals surface area contributed by atoms with Crippen molar-refractivity contribution in [2.24, 2.45) is 0 Å². The molecule has 1 amide bonds. The number of carbonyl (C=O) groups excluding carboxylic acids is 1. The van der Waals surface area contributed by atoms with E-state index >= 15 is 0 Å². The van der Waals surface area contributed by atoms with E-state index in [4.69, 9.17) is 5.26 Å². The lowest BCUT2D eigenvalue weighted by atomic mass is 10.3. The maximum atomic E-state index is 11.6. The van der Waals surface area contributed by atoms with Crippen LogP contribution in [0.3, 0.4) is 0 Å². The number of carbonyl (C=O) groups is 1. The molecule has 1 aromatic heterocycles. The summed E-state index contributed by atoms with van der Waals surface area (Å²) in [5.41, 5.74) is 0. The Balaban J connectivity index is 2.72. The molecule has 15 heavy (non-hydrogen) atoms. The van der Waals surface area contributed by atoms with Crippen LogP contribution in [0.5, 0.6) is 0 Å². The van der Waals surface area contributed by atoms with Crippen LogP contribution in [0.2, 0.25) is 0 Å². The Morgan fingerprint density at radius 1 is 1.60 bits per heavy atom. The summed E-state index contributed by atoms with van der Waals surface area (Å²) in [6.07, 6.45) is 1.38. The van der Waals surface area contributed by atoms with Crippen molar-refractivity contribution in [3.63, 3.8) is 0 Å². The van der Waals surface area contributed by atoms with E-state index in [1.165, 1.54) is 11.0 Å². The lowest BCUT2D eigenvalue weighted by molar-refractivity contribution is -0.124. The molecule has 1 aromatic rings. The Morgan fingerprint density at radius 3 is 2.73 bits per heavy atom. The van der Waals surface area contributed by atoms with Crippen LogP contribution in [0, 0.1) is 11.3 Å². The van der Waals surface area contributed by atoms with Gasteiger partial charge in [-0.25, -0.2) is 9.67 Å². The van der Waals surface area contributed by atoms with Gasteiger partial charge in [0.1, 0.15) is 18.4 Å². The molecular weight excluding hydrogens is 194 g/mol. The zero-order chi connectivity index (χ0) is 11.4. The number of nitriles is 1. The number of rotatable bonds is 3. The van der Waals surface area contributed by atoms with E-state index in [-0.39, 0.29) is 17.8 Å². The highest BCUT2D eigenvalue weighted by atomic mass is 16.2. The molecule has 1 unspecified atom stereocenters. The first-order chi connectivity index (χ1) is 7.04. The van der Waals surface area contributed by atoms with E-state index in [2.05, 4.69) is 15.4 Å². The van der Waals surface area contributed by atoms with Gasteiger partial charge in [0.25, 0.3) is 5.82 Å². The molecule has 80 valence electrons. The minimum atomic E-state index is -0.456. The van der Waals surface area contributed by atoms with Gasteiger partial charge in [-0.05, 0) is 20.8 Å². The Kier molecular flexibility index (Phi) is 3.39. The summed E-state index contributed by atoms with van der Waals surface area (Å²) in [5, 5.41) is 15.1. The number of nitrogens with zero attached hydrogens (tertiary/aromatic N) is 4. The zero-order valence-corrected chi connectivity index (χ0v) is 8.93. The molecule has 0 aliphatic heterocycles. The molecule has 1 N–H and O–H groups in total. The molecule has 0 aromatic carbocycles. The maximum absolute atomic E-state index is 11.6. The normalized spacial score (nSPS) is 12.2. The lowest BCUT2D eigenvalue weighted by Gasteiger charge is -2.13. The predicted molar refractivity (Wildman–Crippen MR) is 52.7 cm³/mol. The third kappa shape index (κ3) is 2.77. The fraction of sp³-hybridized carbons (Fsp3) is 0.556. The molecular formula is C9H13N5O. The van der Waals surface area contributed by atoms with E-state index in [1.807, 2.05) is 19.9 Å². The standard InChI is InChI=1S/C9H13N5O/c1-6(2)12-9(15)7(3)14-5-11-8(4-10)13-14/h5-7H,1-3H3,(H,12,15). The van der Waals surface area contributed by atoms with Gasteiger partial charge in [0.15, 0.2) is 0 Å². The van der Waals surface area contributed by atoms with Crippen molar-refractivity contribution in [2.45, 2.75) is 32.9 Å². The van der Waals surface area contributed by atoms with E-state index in [0.29, 0.717) is 0 Å². The van der Waals surface area contributed by atoms with Crippen LogP contribution in [0.15, 0.2) is 6.33 Å². The number of amides is 1. The van der Waals surface area contributed by atoms with Crippen molar-refractivity contribution >= 4 is 5.91 Å². The molecule has 1 heterocycles. The topological polar surface area (TPSA) is 83.6 Å². The van der Waals surface area contributed by atoms with Crippen molar-refractivity contribution in [2.75, 3.05) is 0 Å². The summed E-state index contributed by atoms with van der Waals surface area (Å²) in [4.78, 5) is 15.3. The average molecular weight is 207 g/mol. The van der Waals surface area contributed by atoms with Gasteiger partial charge in [-0.1, -0.05) is 0 Å². The molecule has 0 saturated heterocycles. The summed E-state index contributed by atoms with van der Waals surface area (Å²) < 4.78 is 1.37. The third-order valence-electron chi connectivity index (χ3n) is 1.82. The molecule has 1 rings (SSSR count). The Hall–Kier alpha value is -1.90. The number of aromatic nitrogens is 3. The van der Waals surface area contributed by atoms with Crippen LogP contribution in [-0.2, 0) is 4.79 Å². The Morgan fingerprint density at radius 2 is 2.27 bits per heavy atom. The molecule has 0 spiro atoms. The third-order valence-corrected chi connectivity index (χ3v) is 1.82. The van der Waals surface area contributed by atoms with Crippen LogP contribution in [0.1, 0.15) is 32.6 Å². The summed E-state index contributed by atoms with van der Waals surface area (Å²) in [6, 6.07) is 1.43. The fourth-order valence-corrected chi connectivity index (χ4v) is 1.04. The smallest absolute Gasteiger partial charge is 0.252 e. The second-order valence-corrected chi connectivity index (χ2v) is 3.50. The van der Waals surface area contributed by atoms with Crippen LogP contribution in [0.4, 0.5) is 0 Å². The molecule has 0 bridgehead atoms. The van der Waals surface area contributed by atoms with Crippen LogP contribution < -0.4 is 5.32 Å². The molecule has 0 fully saturated rings. The minimum Gasteiger partial charge on any atom is -0.352 e. The highest BCUT2D eigenvalue weighted by molar-refractivity contribution is 5.79. The lowest BCUT2D eigenvalue weighted by Crippen LogP contribution is -2.35. The second kappa shape index (κ2) is 4.55. The average Bonchev–Trinajstić information content (AvgIpc) is 2.63. The second-order valence-electron chi connectivity index (χ2n) is 3.50. The van der Waals surface area contributed by atoms with Gasteiger partial charge in [0.2, 0.25) is 5.91 Å². The molecule has 0 aliphatic carbocycles. The quantitative estimate of drug-likeness (QED) is 0.769. The van der Waals surface area contributed by atoms with Crippen LogP contribution in [-0.4, -0.2) is 26.7 Å². The van der Waals surface area contributed by atoms with E-state index in [9.17, 15) is 4.79 Å². The van der Waals surface area contributed by atoms with Crippen molar-refractivity contribution in [3.8, 4) is 6.07 Å². The first-order valence-corrected chi connectivity index (χ1v) is 4.66. The fourth-order valence-electron chi connectivity index (χ4n) is 1.04. The summed E-state index contributed by atoms with van der Waals surface area (Å²) >= 11 is 0. The molecule has 0 saturated carbocycles. The minimum absolute atomic E-state index is 0.0687. The van der Waals surface area contributed by atoms with Gasteiger partial charge >= 0.3 is 0 Å². The van der Waals surface area contributed by atoms with Crippen molar-refractivity contribution < 1.29 is 4.79 Å². The van der Waals surface area contributed by atoms with Gasteiger partial charge in [-0.2, -0.15) is 5.26 Å². The van der Waals surface area contributed by atoms with E-state index in [0.717, 1.165) is 0 Å². The number of hydrogen-bond donors (Lipinski definition) is 1. The maximum Gasteiger partial charge on any atom is 0.252 e. The van der Waals surface area contributed by atoms with Gasteiger partial charge in [0, 0.05) is 6.04 Å². The SMILES string of the molecule is CC(C)NC(=O)C(C)n1cnc(C#N)n1. The van der Waals surface area contributed by atoms with E-state index in [1.54, 1.807) is 6.92 Å². The first-order valence-electron chi connectivity index (χ1n) is 4.66. The molecule has 6 heteroatoms.